The van der Waals surface area contributed by atoms with Gasteiger partial charge in [0.25, 0.3) is 0 Å². The summed E-state index contributed by atoms with van der Waals surface area (Å²) in [4.78, 5) is 0.229. The van der Waals surface area contributed by atoms with Gasteiger partial charge in [-0.3, -0.25) is 0 Å². The van der Waals surface area contributed by atoms with Crippen molar-refractivity contribution in [2.45, 2.75) is 30.2 Å². The van der Waals surface area contributed by atoms with E-state index >= 15 is 0 Å². The van der Waals surface area contributed by atoms with Crippen molar-refractivity contribution in [2.24, 2.45) is 0 Å². The Morgan fingerprint density at radius 2 is 2.11 bits per heavy atom. The molecule has 0 saturated carbocycles. The van der Waals surface area contributed by atoms with E-state index in [9.17, 15) is 8.42 Å². The summed E-state index contributed by atoms with van der Waals surface area (Å²) in [6, 6.07) is 6.34. The van der Waals surface area contributed by atoms with Crippen LogP contribution in [0.4, 0.5) is 0 Å². The lowest BCUT2D eigenvalue weighted by atomic mass is 10.1. The third-order valence-corrected chi connectivity index (χ3v) is 4.76. The second-order valence-corrected chi connectivity index (χ2v) is 6.61. The van der Waals surface area contributed by atoms with Crippen LogP contribution in [0, 0.1) is 0 Å². The maximum Gasteiger partial charge on any atom is 0.240 e. The fraction of sp³-hybridized carbons (Fsp3) is 0.500. The zero-order valence-corrected chi connectivity index (χ0v) is 11.6. The maximum absolute atomic E-state index is 12.2. The Balaban J connectivity index is 2.11. The molecular weight excluding hydrogens is 272 g/mol. The lowest BCUT2D eigenvalue weighted by Crippen LogP contribution is -2.35. The topological polar surface area (TPSA) is 58.2 Å². The molecule has 18 heavy (non-hydrogen) atoms. The average molecular weight is 289 g/mol. The Labute approximate surface area is 113 Å². The van der Waals surface area contributed by atoms with Gasteiger partial charge in [-0.25, -0.2) is 13.1 Å². The standard InChI is InChI=1S/C12H17ClN2O2S/c13-10-3-1-5-12(9-10)18(16,17)15-11-4-2-7-14-8-6-11/h1,3,5,9,11,14-15H,2,4,6-8H2. The van der Waals surface area contributed by atoms with Gasteiger partial charge in [0.2, 0.25) is 10.0 Å². The Hall–Kier alpha value is -0.620. The summed E-state index contributed by atoms with van der Waals surface area (Å²) in [6.07, 6.45) is 2.68. The molecule has 1 aliphatic heterocycles. The largest absolute Gasteiger partial charge is 0.317 e. The molecule has 0 bridgehead atoms. The highest BCUT2D eigenvalue weighted by molar-refractivity contribution is 7.89. The quantitative estimate of drug-likeness (QED) is 0.891. The van der Waals surface area contributed by atoms with Gasteiger partial charge in [-0.05, 0) is 50.6 Å². The Morgan fingerprint density at radius 1 is 1.28 bits per heavy atom. The minimum Gasteiger partial charge on any atom is -0.317 e. The Morgan fingerprint density at radius 3 is 2.89 bits per heavy atom. The molecule has 2 rings (SSSR count). The van der Waals surface area contributed by atoms with Crippen LogP contribution in [0.2, 0.25) is 5.02 Å². The van der Waals surface area contributed by atoms with E-state index in [1.54, 1.807) is 18.2 Å². The monoisotopic (exact) mass is 288 g/mol. The zero-order valence-electron chi connectivity index (χ0n) is 10.0. The predicted octanol–water partition coefficient (Wildman–Crippen LogP) is 1.76. The minimum absolute atomic E-state index is 0.00369. The van der Waals surface area contributed by atoms with Gasteiger partial charge >= 0.3 is 0 Å². The van der Waals surface area contributed by atoms with Gasteiger partial charge in [-0.2, -0.15) is 0 Å². The number of rotatable bonds is 3. The van der Waals surface area contributed by atoms with Crippen molar-refractivity contribution in [1.82, 2.24) is 10.0 Å². The average Bonchev–Trinajstić information content (AvgIpc) is 2.57. The van der Waals surface area contributed by atoms with Crippen molar-refractivity contribution in [3.63, 3.8) is 0 Å². The van der Waals surface area contributed by atoms with Gasteiger partial charge in [0.05, 0.1) is 4.90 Å². The molecule has 1 unspecified atom stereocenters. The third-order valence-electron chi connectivity index (χ3n) is 3.00. The number of nitrogens with one attached hydrogen (secondary N) is 2. The normalized spacial score (nSPS) is 21.5. The van der Waals surface area contributed by atoms with Crippen LogP contribution in [-0.4, -0.2) is 27.5 Å². The second kappa shape index (κ2) is 6.02. The summed E-state index contributed by atoms with van der Waals surface area (Å²) in [5.74, 6) is 0. The lowest BCUT2D eigenvalue weighted by molar-refractivity contribution is 0.518. The van der Waals surface area contributed by atoms with Gasteiger partial charge in [0, 0.05) is 11.1 Å². The van der Waals surface area contributed by atoms with Crippen molar-refractivity contribution < 1.29 is 8.42 Å². The smallest absolute Gasteiger partial charge is 0.240 e. The highest BCUT2D eigenvalue weighted by Crippen LogP contribution is 2.17. The first-order valence-corrected chi connectivity index (χ1v) is 7.93. The van der Waals surface area contributed by atoms with E-state index in [2.05, 4.69) is 10.0 Å². The van der Waals surface area contributed by atoms with Crippen LogP contribution in [0.15, 0.2) is 29.2 Å². The molecular formula is C12H17ClN2O2S. The number of halogens is 1. The molecule has 2 N–H and O–H groups in total. The van der Waals surface area contributed by atoms with Crippen LogP contribution in [0.25, 0.3) is 0 Å². The molecule has 0 aliphatic carbocycles. The summed E-state index contributed by atoms with van der Waals surface area (Å²) >= 11 is 5.82. The van der Waals surface area contributed by atoms with Crippen molar-refractivity contribution in [2.75, 3.05) is 13.1 Å². The first kappa shape index (κ1) is 13.8. The van der Waals surface area contributed by atoms with Crippen LogP contribution in [-0.2, 0) is 10.0 Å². The summed E-state index contributed by atoms with van der Waals surface area (Å²) in [5, 5.41) is 3.69. The second-order valence-electron chi connectivity index (χ2n) is 4.46. The lowest BCUT2D eigenvalue weighted by Gasteiger charge is -2.16. The maximum atomic E-state index is 12.2. The molecule has 1 aromatic rings. The summed E-state index contributed by atoms with van der Waals surface area (Å²) in [7, 11) is -3.46. The van der Waals surface area contributed by atoms with Gasteiger partial charge in [0.1, 0.15) is 0 Å². The molecule has 1 saturated heterocycles. The van der Waals surface area contributed by atoms with Crippen molar-refractivity contribution in [3.05, 3.63) is 29.3 Å². The fourth-order valence-electron chi connectivity index (χ4n) is 2.06. The molecule has 0 radical (unpaired) electrons. The van der Waals surface area contributed by atoms with Crippen LogP contribution in [0.1, 0.15) is 19.3 Å². The fourth-order valence-corrected chi connectivity index (χ4v) is 3.66. The molecule has 1 atom stereocenters. The van der Waals surface area contributed by atoms with Crippen LogP contribution in [0.3, 0.4) is 0 Å². The molecule has 1 aliphatic rings. The highest BCUT2D eigenvalue weighted by atomic mass is 35.5. The van der Waals surface area contributed by atoms with Crippen molar-refractivity contribution in [1.29, 1.82) is 0 Å². The molecule has 6 heteroatoms. The first-order chi connectivity index (χ1) is 8.58. The number of benzene rings is 1. The van der Waals surface area contributed by atoms with Crippen LogP contribution in [0.5, 0.6) is 0 Å². The van der Waals surface area contributed by atoms with Crippen molar-refractivity contribution >= 4 is 21.6 Å². The van der Waals surface area contributed by atoms with E-state index in [0.717, 1.165) is 32.4 Å². The molecule has 1 heterocycles. The number of hydrogen-bond donors (Lipinski definition) is 2. The molecule has 1 aromatic carbocycles. The van der Waals surface area contributed by atoms with E-state index in [0.29, 0.717) is 5.02 Å². The van der Waals surface area contributed by atoms with Crippen LogP contribution < -0.4 is 10.0 Å². The molecule has 0 amide bonds. The first-order valence-electron chi connectivity index (χ1n) is 6.06. The summed E-state index contributed by atoms with van der Waals surface area (Å²) in [5.41, 5.74) is 0. The van der Waals surface area contributed by atoms with Crippen LogP contribution >= 0.6 is 11.6 Å². The highest BCUT2D eigenvalue weighted by Gasteiger charge is 2.20. The van der Waals surface area contributed by atoms with Gasteiger partial charge < -0.3 is 5.32 Å². The van der Waals surface area contributed by atoms with E-state index in [1.807, 2.05) is 0 Å². The Bertz CT molecular complexity index is 497. The zero-order chi connectivity index (χ0) is 13.0. The third kappa shape index (κ3) is 3.68. The molecule has 100 valence electrons. The van der Waals surface area contributed by atoms with Crippen molar-refractivity contribution in [3.8, 4) is 0 Å². The molecule has 0 aromatic heterocycles. The van der Waals surface area contributed by atoms with E-state index in [-0.39, 0.29) is 10.9 Å². The molecule has 0 spiro atoms. The van der Waals surface area contributed by atoms with Gasteiger partial charge in [0.15, 0.2) is 0 Å². The van der Waals surface area contributed by atoms with E-state index in [4.69, 9.17) is 11.6 Å². The van der Waals surface area contributed by atoms with Gasteiger partial charge in [-0.1, -0.05) is 17.7 Å². The predicted molar refractivity (Wildman–Crippen MR) is 72.3 cm³/mol. The Kier molecular flexibility index (Phi) is 4.61. The SMILES string of the molecule is O=S(=O)(NC1CCCNCC1)c1cccc(Cl)c1. The van der Waals surface area contributed by atoms with Gasteiger partial charge in [-0.15, -0.1) is 0 Å². The molecule has 1 fully saturated rings. The summed E-state index contributed by atoms with van der Waals surface area (Å²) in [6.45, 7) is 1.80. The molecule has 4 nitrogen and oxygen atoms in total. The summed E-state index contributed by atoms with van der Waals surface area (Å²) < 4.78 is 27.1. The minimum atomic E-state index is -3.46. The number of sulfonamides is 1. The number of hydrogen-bond acceptors (Lipinski definition) is 3. The van der Waals surface area contributed by atoms with E-state index in [1.165, 1.54) is 6.07 Å². The van der Waals surface area contributed by atoms with E-state index < -0.39 is 10.0 Å².